The van der Waals surface area contributed by atoms with Crippen molar-refractivity contribution in [1.82, 2.24) is 14.7 Å². The number of nitrogens with zero attached hydrogens (tertiary/aromatic N) is 3. The topological polar surface area (TPSA) is 84.7 Å². The maximum absolute atomic E-state index is 12.4. The molecule has 1 aromatic carbocycles. The van der Waals surface area contributed by atoms with Crippen molar-refractivity contribution in [3.63, 3.8) is 0 Å². The van der Waals surface area contributed by atoms with E-state index in [0.29, 0.717) is 17.0 Å². The Morgan fingerprint density at radius 1 is 1.35 bits per heavy atom. The number of benzene rings is 1. The molecule has 23 heavy (non-hydrogen) atoms. The van der Waals surface area contributed by atoms with Crippen LogP contribution in [0, 0.1) is 6.92 Å². The number of methoxy groups -OCH3 is 1. The molecule has 2 rings (SSSR count). The number of carboxylic acid groups (broad SMARTS) is 1. The van der Waals surface area contributed by atoms with Gasteiger partial charge in [0.2, 0.25) is 0 Å². The highest BCUT2D eigenvalue weighted by Gasteiger charge is 2.20. The Morgan fingerprint density at radius 3 is 2.70 bits per heavy atom. The fourth-order valence-corrected chi connectivity index (χ4v) is 2.24. The van der Waals surface area contributed by atoms with E-state index in [1.165, 1.54) is 11.1 Å². The highest BCUT2D eigenvalue weighted by Crippen LogP contribution is 2.24. The zero-order chi connectivity index (χ0) is 17.0. The van der Waals surface area contributed by atoms with Crippen LogP contribution in [-0.4, -0.2) is 52.4 Å². The summed E-state index contributed by atoms with van der Waals surface area (Å²) in [5.74, 6) is -0.548. The van der Waals surface area contributed by atoms with Crippen LogP contribution in [0.2, 0.25) is 0 Å². The first-order valence-electron chi connectivity index (χ1n) is 7.11. The van der Waals surface area contributed by atoms with Gasteiger partial charge < -0.3 is 14.7 Å². The second kappa shape index (κ2) is 6.95. The van der Waals surface area contributed by atoms with Gasteiger partial charge in [-0.25, -0.2) is 4.68 Å². The number of carbonyl (C=O) groups is 2. The van der Waals surface area contributed by atoms with Gasteiger partial charge in [-0.3, -0.25) is 9.59 Å². The first-order chi connectivity index (χ1) is 11.0. The number of carboxylic acids is 1. The number of rotatable bonds is 6. The number of hydrogen-bond acceptors (Lipinski definition) is 4. The molecule has 0 aliphatic carbocycles. The molecule has 7 nitrogen and oxygen atoms in total. The molecule has 7 heteroatoms. The molecule has 0 unspecified atom stereocenters. The monoisotopic (exact) mass is 317 g/mol. The van der Waals surface area contributed by atoms with E-state index in [4.69, 9.17) is 9.84 Å². The van der Waals surface area contributed by atoms with Crippen LogP contribution >= 0.6 is 0 Å². The summed E-state index contributed by atoms with van der Waals surface area (Å²) in [6, 6.07) is 7.38. The van der Waals surface area contributed by atoms with Gasteiger partial charge in [-0.1, -0.05) is 12.1 Å². The molecule has 1 N–H and O–H groups in total. The van der Waals surface area contributed by atoms with Crippen LogP contribution in [0.15, 0.2) is 30.5 Å². The summed E-state index contributed by atoms with van der Waals surface area (Å²) >= 11 is 0. The second-order valence-corrected chi connectivity index (χ2v) is 5.10. The quantitative estimate of drug-likeness (QED) is 0.877. The van der Waals surface area contributed by atoms with E-state index in [-0.39, 0.29) is 18.9 Å². The van der Waals surface area contributed by atoms with Crippen LogP contribution in [0.3, 0.4) is 0 Å². The molecule has 1 amide bonds. The van der Waals surface area contributed by atoms with Crippen LogP contribution in [0.1, 0.15) is 22.5 Å². The number of para-hydroxylation sites is 2. The van der Waals surface area contributed by atoms with Crippen LogP contribution in [0.4, 0.5) is 0 Å². The molecule has 0 atom stereocenters. The van der Waals surface area contributed by atoms with Gasteiger partial charge in [-0.2, -0.15) is 5.10 Å². The molecule has 1 aromatic heterocycles. The second-order valence-electron chi connectivity index (χ2n) is 5.10. The van der Waals surface area contributed by atoms with Crippen molar-refractivity contribution >= 4 is 11.9 Å². The van der Waals surface area contributed by atoms with Gasteiger partial charge in [0.25, 0.3) is 5.91 Å². The van der Waals surface area contributed by atoms with E-state index >= 15 is 0 Å². The SMILES string of the molecule is COc1ccccc1-n1ncc(C(=O)N(C)CCC(=O)O)c1C. The average molecular weight is 317 g/mol. The maximum atomic E-state index is 12.4. The maximum Gasteiger partial charge on any atom is 0.305 e. The molecule has 0 aliphatic heterocycles. The first-order valence-corrected chi connectivity index (χ1v) is 7.11. The lowest BCUT2D eigenvalue weighted by molar-refractivity contribution is -0.137. The molecule has 2 aromatic rings. The Labute approximate surface area is 134 Å². The molecule has 0 radical (unpaired) electrons. The molecule has 1 heterocycles. The van der Waals surface area contributed by atoms with E-state index in [2.05, 4.69) is 5.10 Å². The Kier molecular flexibility index (Phi) is 5.00. The van der Waals surface area contributed by atoms with Crippen molar-refractivity contribution in [2.45, 2.75) is 13.3 Å². The van der Waals surface area contributed by atoms with Gasteiger partial charge in [0.15, 0.2) is 0 Å². The zero-order valence-corrected chi connectivity index (χ0v) is 13.3. The van der Waals surface area contributed by atoms with Crippen molar-refractivity contribution in [3.8, 4) is 11.4 Å². The fourth-order valence-electron chi connectivity index (χ4n) is 2.24. The van der Waals surface area contributed by atoms with Crippen LogP contribution in [0.5, 0.6) is 5.75 Å². The minimum atomic E-state index is -0.939. The molecular formula is C16H19N3O4. The third-order valence-corrected chi connectivity index (χ3v) is 3.56. The largest absolute Gasteiger partial charge is 0.494 e. The zero-order valence-electron chi connectivity index (χ0n) is 13.3. The molecule has 122 valence electrons. The lowest BCUT2D eigenvalue weighted by Gasteiger charge is -2.16. The third-order valence-electron chi connectivity index (χ3n) is 3.56. The number of carbonyl (C=O) groups excluding carboxylic acids is 1. The Hall–Kier alpha value is -2.83. The Bertz CT molecular complexity index is 724. The molecule has 0 spiro atoms. The number of hydrogen-bond donors (Lipinski definition) is 1. The lowest BCUT2D eigenvalue weighted by Crippen LogP contribution is -2.29. The minimum Gasteiger partial charge on any atom is -0.494 e. The molecule has 0 bridgehead atoms. The molecule has 0 aliphatic rings. The number of aliphatic carboxylic acids is 1. The van der Waals surface area contributed by atoms with Gasteiger partial charge in [0.1, 0.15) is 11.4 Å². The Morgan fingerprint density at radius 2 is 2.04 bits per heavy atom. The van der Waals surface area contributed by atoms with Crippen LogP contribution in [-0.2, 0) is 4.79 Å². The highest BCUT2D eigenvalue weighted by atomic mass is 16.5. The van der Waals surface area contributed by atoms with Crippen molar-refractivity contribution < 1.29 is 19.4 Å². The number of amides is 1. The molecule has 0 saturated carbocycles. The van der Waals surface area contributed by atoms with Crippen LogP contribution < -0.4 is 4.74 Å². The first kappa shape index (κ1) is 16.5. The number of aromatic nitrogens is 2. The standard InChI is InChI=1S/C16H19N3O4/c1-11-12(16(22)18(2)9-8-15(20)21)10-17-19(11)13-6-4-5-7-14(13)23-3/h4-7,10H,8-9H2,1-3H3,(H,20,21). The summed E-state index contributed by atoms with van der Waals surface area (Å²) < 4.78 is 6.95. The summed E-state index contributed by atoms with van der Waals surface area (Å²) in [5.41, 5.74) is 1.84. The van der Waals surface area contributed by atoms with Crippen molar-refractivity contribution in [2.24, 2.45) is 0 Å². The van der Waals surface area contributed by atoms with Crippen molar-refractivity contribution in [1.29, 1.82) is 0 Å². The molecular weight excluding hydrogens is 298 g/mol. The van der Waals surface area contributed by atoms with Crippen molar-refractivity contribution in [2.75, 3.05) is 20.7 Å². The van der Waals surface area contributed by atoms with Gasteiger partial charge >= 0.3 is 5.97 Å². The van der Waals surface area contributed by atoms with E-state index in [1.54, 1.807) is 25.8 Å². The summed E-state index contributed by atoms with van der Waals surface area (Å²) in [6.45, 7) is 1.94. The van der Waals surface area contributed by atoms with Crippen molar-refractivity contribution in [3.05, 3.63) is 41.7 Å². The summed E-state index contributed by atoms with van der Waals surface area (Å²) in [7, 11) is 3.15. The summed E-state index contributed by atoms with van der Waals surface area (Å²) in [6.07, 6.45) is 1.39. The minimum absolute atomic E-state index is 0.0953. The predicted molar refractivity (Wildman–Crippen MR) is 84.1 cm³/mol. The van der Waals surface area contributed by atoms with E-state index in [9.17, 15) is 9.59 Å². The summed E-state index contributed by atoms with van der Waals surface area (Å²) in [4.78, 5) is 24.4. The van der Waals surface area contributed by atoms with Gasteiger partial charge in [0.05, 0.1) is 31.0 Å². The lowest BCUT2D eigenvalue weighted by atomic mass is 10.2. The molecule has 0 saturated heterocycles. The van der Waals surface area contributed by atoms with E-state index < -0.39 is 5.97 Å². The number of ether oxygens (including phenoxy) is 1. The smallest absolute Gasteiger partial charge is 0.305 e. The average Bonchev–Trinajstić information content (AvgIpc) is 2.93. The molecule has 0 fully saturated rings. The van der Waals surface area contributed by atoms with E-state index in [0.717, 1.165) is 5.69 Å². The fraction of sp³-hybridized carbons (Fsp3) is 0.312. The predicted octanol–water partition coefficient (Wildman–Crippen LogP) is 1.74. The summed E-state index contributed by atoms with van der Waals surface area (Å²) in [5, 5.41) is 13.0. The Balaban J connectivity index is 2.29. The third kappa shape index (κ3) is 3.50. The van der Waals surface area contributed by atoms with Crippen LogP contribution in [0.25, 0.3) is 5.69 Å². The van der Waals surface area contributed by atoms with Gasteiger partial charge in [-0.05, 0) is 19.1 Å². The van der Waals surface area contributed by atoms with Gasteiger partial charge in [0, 0.05) is 13.6 Å². The highest BCUT2D eigenvalue weighted by molar-refractivity contribution is 5.95. The van der Waals surface area contributed by atoms with Gasteiger partial charge in [-0.15, -0.1) is 0 Å². The van der Waals surface area contributed by atoms with E-state index in [1.807, 2.05) is 24.3 Å². The normalized spacial score (nSPS) is 10.4.